The molecule has 6 heteroatoms. The molecule has 102 valence electrons. The monoisotopic (exact) mass is 354 g/mol. The van der Waals surface area contributed by atoms with Crippen LogP contribution in [0.4, 0.5) is 0 Å². The zero-order valence-corrected chi connectivity index (χ0v) is 12.3. The molecule has 0 aliphatic heterocycles. The van der Waals surface area contributed by atoms with Gasteiger partial charge >= 0.3 is 11.9 Å². The molecule has 0 fully saturated rings. The Kier molecular flexibility index (Phi) is 4.42. The van der Waals surface area contributed by atoms with Crippen LogP contribution in [-0.4, -0.2) is 17.0 Å². The van der Waals surface area contributed by atoms with Gasteiger partial charge in [0.1, 0.15) is 11.3 Å². The molecule has 2 rings (SSSR count). The second-order valence-corrected chi connectivity index (χ2v) is 5.11. The molecule has 0 aliphatic rings. The zero-order chi connectivity index (χ0) is 14.7. The number of aromatic carboxylic acids is 1. The van der Waals surface area contributed by atoms with Crippen LogP contribution in [0.1, 0.15) is 20.7 Å². The van der Waals surface area contributed by atoms with Gasteiger partial charge in [-0.05, 0) is 46.3 Å². The van der Waals surface area contributed by atoms with Crippen molar-refractivity contribution in [3.63, 3.8) is 0 Å². The molecule has 4 nitrogen and oxygen atoms in total. The van der Waals surface area contributed by atoms with E-state index in [2.05, 4.69) is 15.9 Å². The fraction of sp³-hybridized carbons (Fsp3) is 0. The van der Waals surface area contributed by atoms with Gasteiger partial charge in [0.05, 0.1) is 5.56 Å². The van der Waals surface area contributed by atoms with Gasteiger partial charge in [-0.15, -0.1) is 0 Å². The van der Waals surface area contributed by atoms with E-state index in [1.54, 1.807) is 24.3 Å². The Morgan fingerprint density at radius 2 is 1.80 bits per heavy atom. The maximum atomic E-state index is 12.0. The van der Waals surface area contributed by atoms with Crippen LogP contribution in [0.15, 0.2) is 46.9 Å². The number of carbonyl (C=O) groups excluding carboxylic acids is 1. The molecule has 0 bridgehead atoms. The molecule has 0 amide bonds. The Bertz CT molecular complexity index is 685. The van der Waals surface area contributed by atoms with E-state index in [4.69, 9.17) is 21.4 Å². The van der Waals surface area contributed by atoms with E-state index in [0.717, 1.165) is 0 Å². The molecule has 0 atom stereocenters. The summed E-state index contributed by atoms with van der Waals surface area (Å²) in [5.41, 5.74) is 0.136. The predicted molar refractivity (Wildman–Crippen MR) is 77.5 cm³/mol. The highest BCUT2D eigenvalue weighted by Crippen LogP contribution is 2.25. The van der Waals surface area contributed by atoms with Gasteiger partial charge in [-0.3, -0.25) is 0 Å². The number of carbonyl (C=O) groups is 2. The molecule has 0 radical (unpaired) electrons. The summed E-state index contributed by atoms with van der Waals surface area (Å²) >= 11 is 8.96. The second-order valence-electron chi connectivity index (χ2n) is 3.81. The van der Waals surface area contributed by atoms with Crippen molar-refractivity contribution in [2.45, 2.75) is 0 Å². The lowest BCUT2D eigenvalue weighted by Crippen LogP contribution is -2.12. The molecule has 0 saturated carbocycles. The lowest BCUT2D eigenvalue weighted by Gasteiger charge is -2.08. The van der Waals surface area contributed by atoms with Crippen molar-refractivity contribution in [1.29, 1.82) is 0 Å². The molecule has 0 unspecified atom stereocenters. The average Bonchev–Trinajstić information content (AvgIpc) is 2.41. The van der Waals surface area contributed by atoms with Crippen molar-refractivity contribution in [3.05, 3.63) is 63.1 Å². The van der Waals surface area contributed by atoms with Crippen LogP contribution in [0.3, 0.4) is 0 Å². The minimum absolute atomic E-state index is 0.0531. The van der Waals surface area contributed by atoms with Gasteiger partial charge in [-0.2, -0.15) is 0 Å². The van der Waals surface area contributed by atoms with Gasteiger partial charge in [-0.25, -0.2) is 9.59 Å². The van der Waals surface area contributed by atoms with E-state index >= 15 is 0 Å². The molecule has 0 aromatic heterocycles. The summed E-state index contributed by atoms with van der Waals surface area (Å²) in [5.74, 6) is -1.92. The number of carboxylic acid groups (broad SMARTS) is 1. The van der Waals surface area contributed by atoms with Crippen molar-refractivity contribution < 1.29 is 19.4 Å². The third kappa shape index (κ3) is 3.18. The quantitative estimate of drug-likeness (QED) is 0.667. The number of hydrogen-bond donors (Lipinski definition) is 1. The van der Waals surface area contributed by atoms with Crippen molar-refractivity contribution >= 4 is 39.5 Å². The lowest BCUT2D eigenvalue weighted by molar-refractivity contribution is 0.0681. The van der Waals surface area contributed by atoms with E-state index in [1.165, 1.54) is 18.2 Å². The summed E-state index contributed by atoms with van der Waals surface area (Å²) in [6.07, 6.45) is 0. The minimum atomic E-state index is -1.22. The van der Waals surface area contributed by atoms with Crippen LogP contribution in [0.5, 0.6) is 5.75 Å². The summed E-state index contributed by atoms with van der Waals surface area (Å²) in [6.45, 7) is 0. The summed E-state index contributed by atoms with van der Waals surface area (Å²) < 4.78 is 5.69. The zero-order valence-electron chi connectivity index (χ0n) is 9.97. The fourth-order valence-electron chi connectivity index (χ4n) is 1.54. The third-order valence-electron chi connectivity index (χ3n) is 2.47. The van der Waals surface area contributed by atoms with Crippen LogP contribution in [0.25, 0.3) is 0 Å². The smallest absolute Gasteiger partial charge is 0.344 e. The predicted octanol–water partition coefficient (Wildman–Crippen LogP) is 4.02. The highest BCUT2D eigenvalue weighted by Gasteiger charge is 2.17. The lowest BCUT2D eigenvalue weighted by atomic mass is 10.2. The van der Waals surface area contributed by atoms with Gasteiger partial charge in [0, 0.05) is 9.50 Å². The Morgan fingerprint density at radius 3 is 2.45 bits per heavy atom. The van der Waals surface area contributed by atoms with Crippen molar-refractivity contribution in [2.75, 3.05) is 0 Å². The van der Waals surface area contributed by atoms with E-state index < -0.39 is 11.9 Å². The number of benzene rings is 2. The van der Waals surface area contributed by atoms with E-state index in [0.29, 0.717) is 10.0 Å². The highest BCUT2D eigenvalue weighted by atomic mass is 79.9. The number of halogens is 2. The summed E-state index contributed by atoms with van der Waals surface area (Å²) in [7, 11) is 0. The van der Waals surface area contributed by atoms with Crippen LogP contribution >= 0.6 is 27.5 Å². The second kappa shape index (κ2) is 6.07. The van der Waals surface area contributed by atoms with Crippen molar-refractivity contribution in [2.24, 2.45) is 0 Å². The molecule has 0 aliphatic carbocycles. The number of hydrogen-bond acceptors (Lipinski definition) is 3. The molecular formula is C14H8BrClO4. The third-order valence-corrected chi connectivity index (χ3v) is 3.40. The maximum absolute atomic E-state index is 12.0. The topological polar surface area (TPSA) is 63.6 Å². The van der Waals surface area contributed by atoms with Crippen LogP contribution in [-0.2, 0) is 0 Å². The van der Waals surface area contributed by atoms with Gasteiger partial charge < -0.3 is 9.84 Å². The molecule has 1 N–H and O–H groups in total. The van der Waals surface area contributed by atoms with E-state index in [-0.39, 0.29) is 16.3 Å². The Labute approximate surface area is 128 Å². The Hall–Kier alpha value is -1.85. The first-order valence-corrected chi connectivity index (χ1v) is 6.65. The largest absolute Gasteiger partial charge is 0.478 e. The summed E-state index contributed by atoms with van der Waals surface area (Å²) in [6, 6.07) is 10.7. The maximum Gasteiger partial charge on any atom is 0.344 e. The standard InChI is InChI=1S/C14H8BrClO4/c15-11-4-2-1-3-9(11)14(19)20-12-6-5-8(16)7-10(12)13(17)18/h1-7H,(H,17,18). The van der Waals surface area contributed by atoms with Crippen LogP contribution in [0.2, 0.25) is 5.02 Å². The van der Waals surface area contributed by atoms with Gasteiger partial charge in [-0.1, -0.05) is 23.7 Å². The van der Waals surface area contributed by atoms with Gasteiger partial charge in [0.25, 0.3) is 0 Å². The molecule has 2 aromatic carbocycles. The molecule has 0 spiro atoms. The van der Waals surface area contributed by atoms with Crippen LogP contribution < -0.4 is 4.74 Å². The number of esters is 1. The van der Waals surface area contributed by atoms with Crippen molar-refractivity contribution in [3.8, 4) is 5.75 Å². The molecular weight excluding hydrogens is 348 g/mol. The first-order chi connectivity index (χ1) is 9.49. The van der Waals surface area contributed by atoms with Crippen LogP contribution in [0, 0.1) is 0 Å². The normalized spacial score (nSPS) is 10.1. The summed E-state index contributed by atoms with van der Waals surface area (Å²) in [5, 5.41) is 9.32. The molecule has 0 saturated heterocycles. The van der Waals surface area contributed by atoms with Gasteiger partial charge in [0.15, 0.2) is 0 Å². The minimum Gasteiger partial charge on any atom is -0.478 e. The molecule has 2 aromatic rings. The average molecular weight is 356 g/mol. The molecule has 0 heterocycles. The van der Waals surface area contributed by atoms with Gasteiger partial charge in [0.2, 0.25) is 0 Å². The first kappa shape index (κ1) is 14.6. The molecule has 20 heavy (non-hydrogen) atoms. The Morgan fingerprint density at radius 1 is 1.10 bits per heavy atom. The Balaban J connectivity index is 2.33. The summed E-state index contributed by atoms with van der Waals surface area (Å²) in [4.78, 5) is 23.1. The first-order valence-electron chi connectivity index (χ1n) is 5.48. The number of carboxylic acids is 1. The highest BCUT2D eigenvalue weighted by molar-refractivity contribution is 9.10. The SMILES string of the molecule is O=C(Oc1ccc(Cl)cc1C(=O)O)c1ccccc1Br. The van der Waals surface area contributed by atoms with E-state index in [1.807, 2.05) is 0 Å². The van der Waals surface area contributed by atoms with E-state index in [9.17, 15) is 9.59 Å². The van der Waals surface area contributed by atoms with Crippen molar-refractivity contribution in [1.82, 2.24) is 0 Å². The number of ether oxygens (including phenoxy) is 1. The fourth-order valence-corrected chi connectivity index (χ4v) is 2.16. The number of rotatable bonds is 3.